The normalized spacial score (nSPS) is 12.8. The highest BCUT2D eigenvalue weighted by atomic mass is 16.2. The molecule has 1 rings (SSSR count). The third kappa shape index (κ3) is 6.50. The number of nitrogens with one attached hydrogen (secondary N) is 1. The smallest absolute Gasteiger partial charge is 0.220 e. The molecule has 0 aromatic heterocycles. The van der Waals surface area contributed by atoms with Crippen molar-refractivity contribution in [3.8, 4) is 0 Å². The SMILES string of the molecule is CC(CC(=O)NCC(=O)c1ccccc1)CC(C)(C)C. The molecule has 1 unspecified atom stereocenters. The van der Waals surface area contributed by atoms with Crippen LogP contribution in [0.1, 0.15) is 50.9 Å². The molecule has 1 N–H and O–H groups in total. The highest BCUT2D eigenvalue weighted by molar-refractivity contribution is 5.99. The van der Waals surface area contributed by atoms with Gasteiger partial charge in [-0.25, -0.2) is 0 Å². The fraction of sp³-hybridized carbons (Fsp3) is 0.529. The van der Waals surface area contributed by atoms with Crippen molar-refractivity contribution in [2.45, 2.75) is 40.5 Å². The number of ketones is 1. The second-order valence-corrected chi connectivity index (χ2v) is 6.64. The molecule has 3 nitrogen and oxygen atoms in total. The van der Waals surface area contributed by atoms with Gasteiger partial charge in [0.2, 0.25) is 5.91 Å². The van der Waals surface area contributed by atoms with Crippen molar-refractivity contribution in [3.63, 3.8) is 0 Å². The van der Waals surface area contributed by atoms with Crippen molar-refractivity contribution in [2.24, 2.45) is 11.3 Å². The van der Waals surface area contributed by atoms with E-state index in [2.05, 4.69) is 33.0 Å². The summed E-state index contributed by atoms with van der Waals surface area (Å²) >= 11 is 0. The number of carbonyl (C=O) groups is 2. The van der Waals surface area contributed by atoms with Gasteiger partial charge in [-0.2, -0.15) is 0 Å². The Morgan fingerprint density at radius 1 is 1.15 bits per heavy atom. The van der Waals surface area contributed by atoms with Crippen LogP contribution in [0.25, 0.3) is 0 Å². The van der Waals surface area contributed by atoms with Gasteiger partial charge >= 0.3 is 0 Å². The topological polar surface area (TPSA) is 46.2 Å². The van der Waals surface area contributed by atoms with Crippen LogP contribution in [-0.4, -0.2) is 18.2 Å². The van der Waals surface area contributed by atoms with Gasteiger partial charge in [-0.1, -0.05) is 58.0 Å². The van der Waals surface area contributed by atoms with Gasteiger partial charge in [0.15, 0.2) is 5.78 Å². The minimum absolute atomic E-state index is 0.0500. The molecule has 1 amide bonds. The molecule has 0 radical (unpaired) electrons. The zero-order valence-corrected chi connectivity index (χ0v) is 12.9. The van der Waals surface area contributed by atoms with E-state index in [1.807, 2.05) is 18.2 Å². The Labute approximate surface area is 121 Å². The van der Waals surface area contributed by atoms with Crippen molar-refractivity contribution in [1.82, 2.24) is 5.32 Å². The van der Waals surface area contributed by atoms with E-state index < -0.39 is 0 Å². The Hall–Kier alpha value is -1.64. The van der Waals surface area contributed by atoms with Crippen LogP contribution >= 0.6 is 0 Å². The van der Waals surface area contributed by atoms with E-state index in [1.54, 1.807) is 12.1 Å². The van der Waals surface area contributed by atoms with Crippen LogP contribution in [0, 0.1) is 11.3 Å². The lowest BCUT2D eigenvalue weighted by Gasteiger charge is -2.22. The van der Waals surface area contributed by atoms with Crippen molar-refractivity contribution in [3.05, 3.63) is 35.9 Å². The average molecular weight is 275 g/mol. The number of hydrogen-bond acceptors (Lipinski definition) is 2. The van der Waals surface area contributed by atoms with Crippen LogP contribution in [0.3, 0.4) is 0 Å². The summed E-state index contributed by atoms with van der Waals surface area (Å²) in [5.41, 5.74) is 0.857. The predicted molar refractivity (Wildman–Crippen MR) is 81.6 cm³/mol. The van der Waals surface area contributed by atoms with Gasteiger partial charge in [0.25, 0.3) is 0 Å². The molecule has 0 spiro atoms. The maximum absolute atomic E-state index is 11.8. The maximum Gasteiger partial charge on any atom is 0.220 e. The number of amides is 1. The van der Waals surface area contributed by atoms with Gasteiger partial charge in [-0.05, 0) is 17.8 Å². The average Bonchev–Trinajstić information content (AvgIpc) is 2.34. The van der Waals surface area contributed by atoms with Crippen molar-refractivity contribution < 1.29 is 9.59 Å². The third-order valence-electron chi connectivity index (χ3n) is 3.04. The summed E-state index contributed by atoms with van der Waals surface area (Å²) in [6, 6.07) is 9.03. The summed E-state index contributed by atoms with van der Waals surface area (Å²) in [7, 11) is 0. The van der Waals surface area contributed by atoms with Crippen molar-refractivity contribution in [2.75, 3.05) is 6.54 Å². The minimum Gasteiger partial charge on any atom is -0.349 e. The van der Waals surface area contributed by atoms with Crippen LogP contribution < -0.4 is 5.32 Å². The van der Waals surface area contributed by atoms with Gasteiger partial charge < -0.3 is 5.32 Å². The first-order chi connectivity index (χ1) is 9.28. The Bertz CT molecular complexity index is 446. The quantitative estimate of drug-likeness (QED) is 0.808. The molecule has 1 aromatic rings. The van der Waals surface area contributed by atoms with Gasteiger partial charge in [0.05, 0.1) is 6.54 Å². The highest BCUT2D eigenvalue weighted by Crippen LogP contribution is 2.25. The first-order valence-corrected chi connectivity index (χ1v) is 7.13. The van der Waals surface area contributed by atoms with Crippen molar-refractivity contribution in [1.29, 1.82) is 0 Å². The van der Waals surface area contributed by atoms with E-state index in [1.165, 1.54) is 0 Å². The van der Waals surface area contributed by atoms with E-state index in [0.717, 1.165) is 6.42 Å². The molecule has 0 saturated carbocycles. The first kappa shape index (κ1) is 16.4. The standard InChI is InChI=1S/C17H25NO2/c1-13(11-17(2,3)4)10-16(20)18-12-15(19)14-8-6-5-7-9-14/h5-9,13H,10-12H2,1-4H3,(H,18,20). The summed E-state index contributed by atoms with van der Waals surface area (Å²) in [6.07, 6.45) is 1.46. The summed E-state index contributed by atoms with van der Waals surface area (Å²) in [4.78, 5) is 23.7. The first-order valence-electron chi connectivity index (χ1n) is 7.13. The number of hydrogen-bond donors (Lipinski definition) is 1. The predicted octanol–water partition coefficient (Wildman–Crippen LogP) is 3.45. The largest absolute Gasteiger partial charge is 0.349 e. The number of rotatable bonds is 6. The zero-order valence-electron chi connectivity index (χ0n) is 12.9. The lowest BCUT2D eigenvalue weighted by Crippen LogP contribution is -2.31. The molecule has 0 aliphatic rings. The van der Waals surface area contributed by atoms with E-state index in [4.69, 9.17) is 0 Å². The molecule has 110 valence electrons. The number of carbonyl (C=O) groups excluding carboxylic acids is 2. The molecule has 0 aliphatic heterocycles. The van der Waals surface area contributed by atoms with Crippen LogP contribution in [-0.2, 0) is 4.79 Å². The number of benzene rings is 1. The van der Waals surface area contributed by atoms with E-state index in [-0.39, 0.29) is 23.7 Å². The molecule has 0 heterocycles. The summed E-state index contributed by atoms with van der Waals surface area (Å²) in [5, 5.41) is 2.71. The highest BCUT2D eigenvalue weighted by Gasteiger charge is 2.18. The molecule has 1 aromatic carbocycles. The Balaban J connectivity index is 2.35. The van der Waals surface area contributed by atoms with Gasteiger partial charge in [0, 0.05) is 12.0 Å². The minimum atomic E-state index is -0.0533. The Morgan fingerprint density at radius 2 is 1.75 bits per heavy atom. The Morgan fingerprint density at radius 3 is 2.30 bits per heavy atom. The van der Waals surface area contributed by atoms with Crippen molar-refractivity contribution >= 4 is 11.7 Å². The maximum atomic E-state index is 11.8. The van der Waals surface area contributed by atoms with Crippen LogP contribution in [0.5, 0.6) is 0 Å². The van der Waals surface area contributed by atoms with E-state index >= 15 is 0 Å². The summed E-state index contributed by atoms with van der Waals surface area (Å²) < 4.78 is 0. The van der Waals surface area contributed by atoms with Gasteiger partial charge in [0.1, 0.15) is 0 Å². The van der Waals surface area contributed by atoms with Gasteiger partial charge in [-0.15, -0.1) is 0 Å². The fourth-order valence-corrected chi connectivity index (χ4v) is 2.41. The summed E-state index contributed by atoms with van der Waals surface area (Å²) in [6.45, 7) is 8.65. The lowest BCUT2D eigenvalue weighted by atomic mass is 9.84. The number of Topliss-reactive ketones (excluding diaryl/α,β-unsaturated/α-hetero) is 1. The molecule has 1 atom stereocenters. The second-order valence-electron chi connectivity index (χ2n) is 6.64. The van der Waals surface area contributed by atoms with Crippen LogP contribution in [0.2, 0.25) is 0 Å². The van der Waals surface area contributed by atoms with E-state index in [0.29, 0.717) is 17.9 Å². The van der Waals surface area contributed by atoms with Gasteiger partial charge in [-0.3, -0.25) is 9.59 Å². The Kier molecular flexibility index (Phi) is 5.93. The molecular formula is C17H25NO2. The molecule has 0 aliphatic carbocycles. The van der Waals surface area contributed by atoms with E-state index in [9.17, 15) is 9.59 Å². The fourth-order valence-electron chi connectivity index (χ4n) is 2.41. The zero-order chi connectivity index (χ0) is 15.2. The monoisotopic (exact) mass is 275 g/mol. The third-order valence-corrected chi connectivity index (χ3v) is 3.04. The molecule has 0 bridgehead atoms. The summed E-state index contributed by atoms with van der Waals surface area (Å²) in [5.74, 6) is 0.218. The lowest BCUT2D eigenvalue weighted by molar-refractivity contribution is -0.121. The molecule has 0 fully saturated rings. The van der Waals surface area contributed by atoms with Crippen LogP contribution in [0.4, 0.5) is 0 Å². The molecule has 0 saturated heterocycles. The molecule has 3 heteroatoms. The molecule has 20 heavy (non-hydrogen) atoms. The molecular weight excluding hydrogens is 250 g/mol. The van der Waals surface area contributed by atoms with Crippen LogP contribution in [0.15, 0.2) is 30.3 Å². The second kappa shape index (κ2) is 7.22.